The molecule has 4 aliphatic rings. The molecule has 3 heterocycles. The Bertz CT molecular complexity index is 584. The average Bonchev–Trinajstić information content (AvgIpc) is 3.20. The fourth-order valence-electron chi connectivity index (χ4n) is 6.32. The summed E-state index contributed by atoms with van der Waals surface area (Å²) in [4.78, 5) is 11.8. The van der Waals surface area contributed by atoms with Gasteiger partial charge in [0.25, 0.3) is 0 Å². The van der Waals surface area contributed by atoms with Crippen LogP contribution in [0.5, 0.6) is 0 Å². The van der Waals surface area contributed by atoms with Crippen LogP contribution in [0.3, 0.4) is 0 Å². The summed E-state index contributed by atoms with van der Waals surface area (Å²) in [6, 6.07) is 0. The zero-order chi connectivity index (χ0) is 24.3. The third-order valence-corrected chi connectivity index (χ3v) is 8.18. The number of hydrogen-bond acceptors (Lipinski definition) is 7. The molecule has 0 bridgehead atoms. The molecule has 0 radical (unpaired) electrons. The molecule has 202 valence electrons. The number of carbonyl (C=O) groups excluding carboxylic acids is 1. The summed E-state index contributed by atoms with van der Waals surface area (Å²) in [7, 11) is 0. The quantitative estimate of drug-likeness (QED) is 0.311. The molecule has 8 atom stereocenters. The van der Waals surface area contributed by atoms with Crippen molar-refractivity contribution < 1.29 is 33.2 Å². The van der Waals surface area contributed by atoms with Crippen LogP contribution < -0.4 is 0 Å². The van der Waals surface area contributed by atoms with Gasteiger partial charge in [0.2, 0.25) is 0 Å². The molecule has 35 heavy (non-hydrogen) atoms. The van der Waals surface area contributed by atoms with E-state index in [1.807, 2.05) is 0 Å². The number of aldehydes is 1. The smallest absolute Gasteiger partial charge is 0.157 e. The van der Waals surface area contributed by atoms with Crippen LogP contribution in [-0.2, 0) is 33.2 Å². The largest absolute Gasteiger partial charge is 0.353 e. The molecule has 0 aromatic rings. The Hall–Kier alpha value is -0.570. The van der Waals surface area contributed by atoms with E-state index >= 15 is 0 Å². The first-order chi connectivity index (χ1) is 17.3. The van der Waals surface area contributed by atoms with Crippen LogP contribution in [0.4, 0.5) is 0 Å². The molecule has 0 aromatic heterocycles. The maximum absolute atomic E-state index is 11.8. The summed E-state index contributed by atoms with van der Waals surface area (Å²) in [5.41, 5.74) is 0. The summed E-state index contributed by atoms with van der Waals surface area (Å²) in [5.74, 6) is 0.384. The lowest BCUT2D eigenvalue weighted by Gasteiger charge is -2.32. The number of rotatable bonds is 13. The number of hydrogen-bond donors (Lipinski definition) is 0. The predicted octanol–water partition coefficient (Wildman–Crippen LogP) is 5.53. The minimum Gasteiger partial charge on any atom is -0.353 e. The van der Waals surface area contributed by atoms with Crippen LogP contribution in [0.15, 0.2) is 0 Å². The van der Waals surface area contributed by atoms with E-state index in [2.05, 4.69) is 6.92 Å². The fourth-order valence-corrected chi connectivity index (χ4v) is 6.32. The highest BCUT2D eigenvalue weighted by molar-refractivity contribution is 5.50. The number of ether oxygens (including phenoxy) is 6. The molecule has 3 saturated heterocycles. The van der Waals surface area contributed by atoms with E-state index in [-0.39, 0.29) is 49.0 Å². The van der Waals surface area contributed by atoms with Gasteiger partial charge in [-0.1, -0.05) is 13.3 Å². The molecule has 4 rings (SSSR count). The molecule has 3 unspecified atom stereocenters. The van der Waals surface area contributed by atoms with Gasteiger partial charge in [-0.2, -0.15) is 0 Å². The molecular weight excluding hydrogens is 448 g/mol. The van der Waals surface area contributed by atoms with Crippen molar-refractivity contribution in [3.05, 3.63) is 0 Å². The molecule has 1 aliphatic carbocycles. The molecule has 0 N–H and O–H groups in total. The summed E-state index contributed by atoms with van der Waals surface area (Å²) in [5, 5.41) is 0. The first-order valence-electron chi connectivity index (χ1n) is 14.5. The van der Waals surface area contributed by atoms with Crippen LogP contribution in [0.25, 0.3) is 0 Å². The Morgan fingerprint density at radius 1 is 0.771 bits per heavy atom. The van der Waals surface area contributed by atoms with Gasteiger partial charge in [0.05, 0.1) is 18.3 Å². The van der Waals surface area contributed by atoms with Crippen LogP contribution in [0.1, 0.15) is 103 Å². The minimum absolute atomic E-state index is 0.0193. The van der Waals surface area contributed by atoms with Crippen LogP contribution in [-0.4, -0.2) is 63.3 Å². The van der Waals surface area contributed by atoms with Crippen molar-refractivity contribution in [1.82, 2.24) is 0 Å². The Morgan fingerprint density at radius 2 is 1.34 bits per heavy atom. The molecule has 0 aromatic carbocycles. The van der Waals surface area contributed by atoms with Gasteiger partial charge < -0.3 is 33.2 Å². The van der Waals surface area contributed by atoms with Crippen LogP contribution >= 0.6 is 0 Å². The highest BCUT2D eigenvalue weighted by Gasteiger charge is 2.46. The first-order valence-corrected chi connectivity index (χ1v) is 14.5. The Kier molecular flexibility index (Phi) is 11.8. The molecule has 7 heteroatoms. The topological polar surface area (TPSA) is 72.5 Å². The van der Waals surface area contributed by atoms with Gasteiger partial charge in [0, 0.05) is 32.7 Å². The summed E-state index contributed by atoms with van der Waals surface area (Å²) < 4.78 is 37.2. The Labute approximate surface area is 211 Å². The van der Waals surface area contributed by atoms with E-state index in [4.69, 9.17) is 28.4 Å². The lowest BCUT2D eigenvalue weighted by atomic mass is 9.86. The minimum atomic E-state index is -0.159. The second-order valence-corrected chi connectivity index (χ2v) is 10.8. The van der Waals surface area contributed by atoms with Crippen molar-refractivity contribution in [2.75, 3.05) is 19.8 Å². The van der Waals surface area contributed by atoms with Gasteiger partial charge in [0.1, 0.15) is 6.29 Å². The highest BCUT2D eigenvalue weighted by Crippen LogP contribution is 2.43. The maximum Gasteiger partial charge on any atom is 0.157 e. The maximum atomic E-state index is 11.8. The van der Waals surface area contributed by atoms with Crippen molar-refractivity contribution in [3.8, 4) is 0 Å². The first kappa shape index (κ1) is 27.5. The van der Waals surface area contributed by atoms with E-state index in [0.29, 0.717) is 6.42 Å². The summed E-state index contributed by atoms with van der Waals surface area (Å²) in [6.07, 6.45) is 15.8. The van der Waals surface area contributed by atoms with Gasteiger partial charge in [-0.25, -0.2) is 0 Å². The second kappa shape index (κ2) is 15.0. The van der Waals surface area contributed by atoms with Crippen molar-refractivity contribution in [1.29, 1.82) is 0 Å². The van der Waals surface area contributed by atoms with E-state index in [1.165, 1.54) is 6.42 Å². The van der Waals surface area contributed by atoms with E-state index in [0.717, 1.165) is 110 Å². The predicted molar refractivity (Wildman–Crippen MR) is 132 cm³/mol. The standard InChI is InChI=1S/C28H48O7/c1-2-9-21(33-26-10-3-6-17-30-26)13-14-22-23(15-16-29)25(35-28-12-5-8-19-32-28)20-24(22)34-27-11-4-7-18-31-27/h16,21-28H,2-15,17-20H2,1H3/t21-,22+,23+,24+,25-,26?,27?,28?/m0/s1. The lowest BCUT2D eigenvalue weighted by Crippen LogP contribution is -2.33. The SMILES string of the molecule is CCC[C@@H](CC[C@@H]1[C@@H](CC=O)[C@@H](OC2CCCCO2)C[C@H]1OC1CCCCO1)OC1CCCCO1. The van der Waals surface area contributed by atoms with Gasteiger partial charge in [0.15, 0.2) is 18.9 Å². The summed E-state index contributed by atoms with van der Waals surface area (Å²) in [6.45, 7) is 4.54. The van der Waals surface area contributed by atoms with Crippen molar-refractivity contribution >= 4 is 6.29 Å². The fraction of sp³-hybridized carbons (Fsp3) is 0.964. The van der Waals surface area contributed by atoms with Crippen LogP contribution in [0.2, 0.25) is 0 Å². The highest BCUT2D eigenvalue weighted by atomic mass is 16.7. The Morgan fingerprint density at radius 3 is 1.86 bits per heavy atom. The number of carbonyl (C=O) groups is 1. The van der Waals surface area contributed by atoms with Gasteiger partial charge in [-0.15, -0.1) is 0 Å². The van der Waals surface area contributed by atoms with E-state index in [1.54, 1.807) is 0 Å². The normalized spacial score (nSPS) is 37.2. The zero-order valence-electron chi connectivity index (χ0n) is 21.8. The third-order valence-electron chi connectivity index (χ3n) is 8.18. The molecule has 7 nitrogen and oxygen atoms in total. The zero-order valence-corrected chi connectivity index (χ0v) is 21.8. The second-order valence-electron chi connectivity index (χ2n) is 10.8. The van der Waals surface area contributed by atoms with Crippen molar-refractivity contribution in [2.45, 2.75) is 140 Å². The third kappa shape index (κ3) is 8.47. The van der Waals surface area contributed by atoms with Crippen LogP contribution in [0, 0.1) is 11.8 Å². The molecule has 0 spiro atoms. The molecule has 0 amide bonds. The van der Waals surface area contributed by atoms with E-state index in [9.17, 15) is 4.79 Å². The van der Waals surface area contributed by atoms with Crippen molar-refractivity contribution in [3.63, 3.8) is 0 Å². The van der Waals surface area contributed by atoms with Gasteiger partial charge in [-0.05, 0) is 88.9 Å². The monoisotopic (exact) mass is 496 g/mol. The van der Waals surface area contributed by atoms with E-state index < -0.39 is 0 Å². The van der Waals surface area contributed by atoms with Gasteiger partial charge in [-0.3, -0.25) is 0 Å². The van der Waals surface area contributed by atoms with Crippen molar-refractivity contribution in [2.24, 2.45) is 11.8 Å². The molecule has 3 aliphatic heterocycles. The molecule has 1 saturated carbocycles. The lowest BCUT2D eigenvalue weighted by molar-refractivity contribution is -0.205. The van der Waals surface area contributed by atoms with Gasteiger partial charge >= 0.3 is 0 Å². The molecule has 4 fully saturated rings. The average molecular weight is 497 g/mol. The Balaban J connectivity index is 1.41. The summed E-state index contributed by atoms with van der Waals surface area (Å²) >= 11 is 0. The molecular formula is C28H48O7.